The minimum absolute atomic E-state index is 0.262. The van der Waals surface area contributed by atoms with E-state index in [9.17, 15) is 9.18 Å². The highest BCUT2D eigenvalue weighted by molar-refractivity contribution is 5.93. The zero-order chi connectivity index (χ0) is 11.4. The van der Waals surface area contributed by atoms with Gasteiger partial charge in [-0.1, -0.05) is 0 Å². The van der Waals surface area contributed by atoms with E-state index in [0.717, 1.165) is 25.6 Å². The summed E-state index contributed by atoms with van der Waals surface area (Å²) in [6.45, 7) is 1.58. The molecule has 1 fully saturated rings. The van der Waals surface area contributed by atoms with Crippen LogP contribution in [0, 0.1) is 5.82 Å². The average Bonchev–Trinajstić information content (AvgIpc) is 2.78. The van der Waals surface area contributed by atoms with Crippen LogP contribution in [0.15, 0.2) is 18.5 Å². The Morgan fingerprint density at radius 1 is 1.62 bits per heavy atom. The van der Waals surface area contributed by atoms with E-state index in [2.05, 4.69) is 15.6 Å². The van der Waals surface area contributed by atoms with Crippen molar-refractivity contribution in [3.63, 3.8) is 0 Å². The van der Waals surface area contributed by atoms with Gasteiger partial charge in [-0.05, 0) is 25.5 Å². The average molecular weight is 223 g/mol. The topological polar surface area (TPSA) is 54.0 Å². The number of carbonyl (C=O) groups is 1. The van der Waals surface area contributed by atoms with Crippen LogP contribution in [0.5, 0.6) is 0 Å². The fourth-order valence-electron chi connectivity index (χ4n) is 1.78. The summed E-state index contributed by atoms with van der Waals surface area (Å²) in [5.41, 5.74) is 0.262. The van der Waals surface area contributed by atoms with Crippen molar-refractivity contribution in [2.45, 2.75) is 18.9 Å². The first-order chi connectivity index (χ1) is 7.75. The lowest BCUT2D eigenvalue weighted by Gasteiger charge is -2.11. The van der Waals surface area contributed by atoms with Gasteiger partial charge in [-0.3, -0.25) is 9.78 Å². The molecule has 16 heavy (non-hydrogen) atoms. The smallest absolute Gasteiger partial charge is 0.253 e. The second-order valence-electron chi connectivity index (χ2n) is 3.90. The van der Waals surface area contributed by atoms with Crippen LogP contribution in [0.3, 0.4) is 0 Å². The first kappa shape index (κ1) is 11.0. The molecule has 0 aliphatic carbocycles. The molecule has 1 amide bonds. The van der Waals surface area contributed by atoms with Crippen LogP contribution in [-0.2, 0) is 0 Å². The van der Waals surface area contributed by atoms with Gasteiger partial charge in [-0.2, -0.15) is 0 Å². The lowest BCUT2D eigenvalue weighted by Crippen LogP contribution is -2.37. The number of hydrogen-bond acceptors (Lipinski definition) is 3. The predicted octanol–water partition coefficient (Wildman–Crippen LogP) is 0.702. The van der Waals surface area contributed by atoms with E-state index >= 15 is 0 Å². The lowest BCUT2D eigenvalue weighted by atomic mass is 10.2. The van der Waals surface area contributed by atoms with Crippen molar-refractivity contribution in [3.8, 4) is 0 Å². The van der Waals surface area contributed by atoms with Crippen molar-refractivity contribution in [1.82, 2.24) is 15.6 Å². The van der Waals surface area contributed by atoms with Gasteiger partial charge in [0.1, 0.15) is 5.82 Å². The molecule has 1 atom stereocenters. The van der Waals surface area contributed by atoms with Crippen LogP contribution in [-0.4, -0.2) is 30.0 Å². The number of hydrogen-bond donors (Lipinski definition) is 2. The monoisotopic (exact) mass is 223 g/mol. The SMILES string of the molecule is O=C(NCC1CCCN1)c1cncc(F)c1. The Balaban J connectivity index is 1.87. The third kappa shape index (κ3) is 2.76. The highest BCUT2D eigenvalue weighted by Gasteiger charge is 2.15. The number of halogens is 1. The first-order valence-electron chi connectivity index (χ1n) is 5.38. The van der Waals surface area contributed by atoms with Gasteiger partial charge in [0.05, 0.1) is 11.8 Å². The predicted molar refractivity (Wildman–Crippen MR) is 57.6 cm³/mol. The molecule has 1 saturated heterocycles. The first-order valence-corrected chi connectivity index (χ1v) is 5.38. The van der Waals surface area contributed by atoms with E-state index in [-0.39, 0.29) is 11.5 Å². The third-order valence-corrected chi connectivity index (χ3v) is 2.64. The fraction of sp³-hybridized carbons (Fsp3) is 0.455. The minimum atomic E-state index is -0.494. The van der Waals surface area contributed by atoms with Crippen LogP contribution in [0.1, 0.15) is 23.2 Å². The lowest BCUT2D eigenvalue weighted by molar-refractivity contribution is 0.0949. The van der Waals surface area contributed by atoms with Crippen molar-refractivity contribution in [3.05, 3.63) is 29.8 Å². The van der Waals surface area contributed by atoms with Crippen LogP contribution in [0.4, 0.5) is 4.39 Å². The van der Waals surface area contributed by atoms with Gasteiger partial charge in [-0.15, -0.1) is 0 Å². The molecule has 4 nitrogen and oxygen atoms in total. The van der Waals surface area contributed by atoms with Gasteiger partial charge in [0.15, 0.2) is 0 Å². The quantitative estimate of drug-likeness (QED) is 0.793. The molecule has 2 N–H and O–H groups in total. The molecule has 2 rings (SSSR count). The Hall–Kier alpha value is -1.49. The minimum Gasteiger partial charge on any atom is -0.350 e. The molecule has 86 valence electrons. The Morgan fingerprint density at radius 3 is 3.19 bits per heavy atom. The van der Waals surface area contributed by atoms with E-state index in [1.54, 1.807) is 0 Å². The molecule has 0 saturated carbocycles. The number of nitrogens with zero attached hydrogens (tertiary/aromatic N) is 1. The standard InChI is InChI=1S/C11H14FN3O/c12-9-4-8(5-13-6-9)11(16)15-7-10-2-1-3-14-10/h4-6,10,14H,1-3,7H2,(H,15,16). The largest absolute Gasteiger partial charge is 0.350 e. The number of rotatable bonds is 3. The van der Waals surface area contributed by atoms with Crippen molar-refractivity contribution in [1.29, 1.82) is 0 Å². The number of aromatic nitrogens is 1. The maximum absolute atomic E-state index is 12.8. The molecule has 2 heterocycles. The second-order valence-corrected chi connectivity index (χ2v) is 3.90. The van der Waals surface area contributed by atoms with Crippen LogP contribution in [0.25, 0.3) is 0 Å². The molecule has 0 bridgehead atoms. The maximum Gasteiger partial charge on any atom is 0.253 e. The zero-order valence-corrected chi connectivity index (χ0v) is 8.87. The van der Waals surface area contributed by atoms with Gasteiger partial charge < -0.3 is 10.6 Å². The summed E-state index contributed by atoms with van der Waals surface area (Å²) in [7, 11) is 0. The van der Waals surface area contributed by atoms with Crippen molar-refractivity contribution in [2.24, 2.45) is 0 Å². The van der Waals surface area contributed by atoms with Gasteiger partial charge >= 0.3 is 0 Å². The van der Waals surface area contributed by atoms with E-state index in [4.69, 9.17) is 0 Å². The summed E-state index contributed by atoms with van der Waals surface area (Å²) < 4.78 is 12.8. The van der Waals surface area contributed by atoms with Crippen LogP contribution < -0.4 is 10.6 Å². The Morgan fingerprint density at radius 2 is 2.50 bits per heavy atom. The number of carbonyl (C=O) groups excluding carboxylic acids is 1. The second kappa shape index (κ2) is 5.03. The molecule has 0 radical (unpaired) electrons. The Kier molecular flexibility index (Phi) is 3.46. The molecule has 0 spiro atoms. The third-order valence-electron chi connectivity index (χ3n) is 2.64. The molecule has 1 aromatic rings. The van der Waals surface area contributed by atoms with E-state index in [1.807, 2.05) is 0 Å². The summed E-state index contributed by atoms with van der Waals surface area (Å²) >= 11 is 0. The van der Waals surface area contributed by atoms with Crippen LogP contribution >= 0.6 is 0 Å². The number of amides is 1. The molecular formula is C11H14FN3O. The van der Waals surface area contributed by atoms with Gasteiger partial charge in [-0.25, -0.2) is 4.39 Å². The normalized spacial score (nSPS) is 19.7. The van der Waals surface area contributed by atoms with E-state index in [1.165, 1.54) is 12.3 Å². The highest BCUT2D eigenvalue weighted by Crippen LogP contribution is 2.04. The number of pyridine rings is 1. The summed E-state index contributed by atoms with van der Waals surface area (Å²) in [5, 5.41) is 6.03. The summed E-state index contributed by atoms with van der Waals surface area (Å²) in [4.78, 5) is 15.2. The molecule has 1 unspecified atom stereocenters. The maximum atomic E-state index is 12.8. The summed E-state index contributed by atoms with van der Waals surface area (Å²) in [6.07, 6.45) is 4.65. The van der Waals surface area contributed by atoms with E-state index in [0.29, 0.717) is 12.6 Å². The number of nitrogens with one attached hydrogen (secondary N) is 2. The van der Waals surface area contributed by atoms with Gasteiger partial charge in [0.2, 0.25) is 0 Å². The Bertz CT molecular complexity index is 377. The molecular weight excluding hydrogens is 209 g/mol. The molecule has 1 aliphatic heterocycles. The Labute approximate surface area is 93.3 Å². The van der Waals surface area contributed by atoms with Crippen LogP contribution in [0.2, 0.25) is 0 Å². The summed E-state index contributed by atoms with van der Waals surface area (Å²) in [5.74, 6) is -0.771. The molecule has 0 aromatic carbocycles. The van der Waals surface area contributed by atoms with Crippen molar-refractivity contribution < 1.29 is 9.18 Å². The zero-order valence-electron chi connectivity index (χ0n) is 8.87. The van der Waals surface area contributed by atoms with Gasteiger partial charge in [0.25, 0.3) is 5.91 Å². The fourth-order valence-corrected chi connectivity index (χ4v) is 1.78. The van der Waals surface area contributed by atoms with Crippen molar-refractivity contribution >= 4 is 5.91 Å². The van der Waals surface area contributed by atoms with Crippen molar-refractivity contribution in [2.75, 3.05) is 13.1 Å². The van der Waals surface area contributed by atoms with Gasteiger partial charge in [0, 0.05) is 18.8 Å². The molecule has 5 heteroatoms. The van der Waals surface area contributed by atoms with E-state index < -0.39 is 5.82 Å². The molecule has 1 aliphatic rings. The summed E-state index contributed by atoms with van der Waals surface area (Å²) in [6, 6.07) is 1.52. The highest BCUT2D eigenvalue weighted by atomic mass is 19.1. The molecule has 1 aromatic heterocycles.